The van der Waals surface area contributed by atoms with Gasteiger partial charge in [0.15, 0.2) is 11.5 Å². The van der Waals surface area contributed by atoms with Crippen molar-refractivity contribution in [3.63, 3.8) is 0 Å². The minimum absolute atomic E-state index is 0.891. The third kappa shape index (κ3) is 2.18. The summed E-state index contributed by atoms with van der Waals surface area (Å²) in [6.07, 6.45) is 0. The van der Waals surface area contributed by atoms with Gasteiger partial charge in [-0.05, 0) is 73.9 Å². The molecule has 114 valence electrons. The maximum atomic E-state index is 6.07. The summed E-state index contributed by atoms with van der Waals surface area (Å²) in [5, 5.41) is 0. The first kappa shape index (κ1) is 13.9. The molecule has 0 saturated heterocycles. The molecule has 4 rings (SSSR count). The fraction of sp³-hybridized carbons (Fsp3) is 0.143. The van der Waals surface area contributed by atoms with Crippen molar-refractivity contribution in [2.45, 2.75) is 20.8 Å². The largest absolute Gasteiger partial charge is 0.453 e. The third-order valence-electron chi connectivity index (χ3n) is 4.60. The molecule has 0 radical (unpaired) electrons. The van der Waals surface area contributed by atoms with Gasteiger partial charge in [0.25, 0.3) is 0 Å². The lowest BCUT2D eigenvalue weighted by Gasteiger charge is -2.33. The molecule has 2 heteroatoms. The number of aryl methyl sites for hydroxylation is 2. The van der Waals surface area contributed by atoms with E-state index in [1.807, 2.05) is 24.3 Å². The van der Waals surface area contributed by atoms with Crippen molar-refractivity contribution in [1.82, 2.24) is 0 Å². The van der Waals surface area contributed by atoms with Crippen LogP contribution in [-0.2, 0) is 0 Å². The highest BCUT2D eigenvalue weighted by atomic mass is 16.5. The molecule has 23 heavy (non-hydrogen) atoms. The fourth-order valence-corrected chi connectivity index (χ4v) is 3.12. The van der Waals surface area contributed by atoms with E-state index in [0.717, 1.165) is 22.9 Å². The number of hydrogen-bond donors (Lipinski definition) is 0. The number of nitrogens with zero attached hydrogens (tertiary/aromatic N) is 1. The van der Waals surface area contributed by atoms with Crippen LogP contribution in [0.5, 0.6) is 11.5 Å². The second-order valence-corrected chi connectivity index (χ2v) is 6.08. The molecule has 1 heterocycles. The lowest BCUT2D eigenvalue weighted by atomic mass is 10.0. The molecule has 0 atom stereocenters. The van der Waals surface area contributed by atoms with E-state index in [-0.39, 0.29) is 0 Å². The Hall–Kier alpha value is -2.74. The smallest absolute Gasteiger partial charge is 0.151 e. The molecule has 0 unspecified atom stereocenters. The number of para-hydroxylation sites is 4. The predicted octanol–water partition coefficient (Wildman–Crippen LogP) is 6.19. The van der Waals surface area contributed by atoms with Crippen LogP contribution < -0.4 is 9.64 Å². The molecule has 0 bridgehead atoms. The summed E-state index contributed by atoms with van der Waals surface area (Å²) < 4.78 is 6.07. The fourth-order valence-electron chi connectivity index (χ4n) is 3.12. The first-order valence-corrected chi connectivity index (χ1v) is 7.89. The standard InChI is InChI=1S/C21H19NO/c1-14-12-17(13-15(2)16(14)3)22-18-8-4-6-10-20(18)23-21-11-7-5-9-19(21)22/h4-13H,1-3H3. The Morgan fingerprint density at radius 2 is 1.17 bits per heavy atom. The quantitative estimate of drug-likeness (QED) is 0.416. The highest BCUT2D eigenvalue weighted by molar-refractivity contribution is 5.86. The molecule has 0 aliphatic carbocycles. The second kappa shape index (κ2) is 5.17. The van der Waals surface area contributed by atoms with Crippen molar-refractivity contribution in [3.8, 4) is 11.5 Å². The molecular weight excluding hydrogens is 282 g/mol. The normalized spacial score (nSPS) is 12.4. The van der Waals surface area contributed by atoms with Crippen LogP contribution in [-0.4, -0.2) is 0 Å². The molecule has 0 spiro atoms. The molecule has 3 aromatic rings. The van der Waals surface area contributed by atoms with Crippen LogP contribution in [0, 0.1) is 20.8 Å². The molecule has 0 N–H and O–H groups in total. The molecule has 1 aliphatic heterocycles. The minimum atomic E-state index is 0.891. The van der Waals surface area contributed by atoms with Gasteiger partial charge in [-0.3, -0.25) is 0 Å². The monoisotopic (exact) mass is 301 g/mol. The van der Waals surface area contributed by atoms with Gasteiger partial charge >= 0.3 is 0 Å². The Bertz CT molecular complexity index is 829. The lowest BCUT2D eigenvalue weighted by Crippen LogP contribution is -2.16. The van der Waals surface area contributed by atoms with Crippen molar-refractivity contribution in [3.05, 3.63) is 77.4 Å². The van der Waals surface area contributed by atoms with Gasteiger partial charge in [0.1, 0.15) is 0 Å². The van der Waals surface area contributed by atoms with Crippen LogP contribution in [0.4, 0.5) is 17.1 Å². The minimum Gasteiger partial charge on any atom is -0.453 e. The van der Waals surface area contributed by atoms with Crippen LogP contribution in [0.15, 0.2) is 60.7 Å². The number of rotatable bonds is 1. The van der Waals surface area contributed by atoms with Gasteiger partial charge in [-0.1, -0.05) is 24.3 Å². The Morgan fingerprint density at radius 3 is 1.70 bits per heavy atom. The molecule has 0 aromatic heterocycles. The van der Waals surface area contributed by atoms with Crippen molar-refractivity contribution >= 4 is 17.1 Å². The van der Waals surface area contributed by atoms with E-state index in [4.69, 9.17) is 4.74 Å². The van der Waals surface area contributed by atoms with Crippen LogP contribution in [0.3, 0.4) is 0 Å². The predicted molar refractivity (Wildman–Crippen MR) is 95.4 cm³/mol. The number of benzene rings is 3. The van der Waals surface area contributed by atoms with E-state index in [0.29, 0.717) is 0 Å². The molecular formula is C21H19NO. The van der Waals surface area contributed by atoms with Crippen LogP contribution >= 0.6 is 0 Å². The molecule has 3 aromatic carbocycles. The topological polar surface area (TPSA) is 12.5 Å². The number of ether oxygens (including phenoxy) is 1. The Balaban J connectivity index is 1.98. The van der Waals surface area contributed by atoms with Gasteiger partial charge < -0.3 is 9.64 Å². The summed E-state index contributed by atoms with van der Waals surface area (Å²) in [5.41, 5.74) is 7.29. The van der Waals surface area contributed by atoms with Crippen molar-refractivity contribution in [2.24, 2.45) is 0 Å². The summed E-state index contributed by atoms with van der Waals surface area (Å²) in [6.45, 7) is 6.52. The maximum absolute atomic E-state index is 6.07. The van der Waals surface area contributed by atoms with Gasteiger partial charge in [-0.2, -0.15) is 0 Å². The molecule has 0 amide bonds. The average molecular weight is 301 g/mol. The van der Waals surface area contributed by atoms with E-state index in [1.54, 1.807) is 0 Å². The van der Waals surface area contributed by atoms with Crippen molar-refractivity contribution in [2.75, 3.05) is 4.90 Å². The van der Waals surface area contributed by atoms with Gasteiger partial charge in [-0.15, -0.1) is 0 Å². The summed E-state index contributed by atoms with van der Waals surface area (Å²) >= 11 is 0. The molecule has 1 aliphatic rings. The van der Waals surface area contributed by atoms with E-state index in [2.05, 4.69) is 62.1 Å². The summed E-state index contributed by atoms with van der Waals surface area (Å²) in [6, 6.07) is 20.9. The number of anilines is 3. The van der Waals surface area contributed by atoms with Gasteiger partial charge in [0.2, 0.25) is 0 Å². The average Bonchev–Trinajstić information content (AvgIpc) is 2.57. The van der Waals surface area contributed by atoms with E-state index in [1.165, 1.54) is 22.4 Å². The zero-order valence-corrected chi connectivity index (χ0v) is 13.6. The second-order valence-electron chi connectivity index (χ2n) is 6.08. The van der Waals surface area contributed by atoms with Crippen LogP contribution in [0.1, 0.15) is 16.7 Å². The summed E-state index contributed by atoms with van der Waals surface area (Å²) in [7, 11) is 0. The van der Waals surface area contributed by atoms with Gasteiger partial charge in [-0.25, -0.2) is 0 Å². The lowest BCUT2D eigenvalue weighted by molar-refractivity contribution is 0.477. The first-order valence-electron chi connectivity index (χ1n) is 7.89. The Morgan fingerprint density at radius 1 is 0.696 bits per heavy atom. The van der Waals surface area contributed by atoms with Crippen LogP contribution in [0.25, 0.3) is 0 Å². The highest BCUT2D eigenvalue weighted by Crippen LogP contribution is 2.50. The third-order valence-corrected chi connectivity index (χ3v) is 4.60. The summed E-state index contributed by atoms with van der Waals surface area (Å²) in [5.74, 6) is 1.78. The molecule has 2 nitrogen and oxygen atoms in total. The summed E-state index contributed by atoms with van der Waals surface area (Å²) in [4.78, 5) is 2.29. The van der Waals surface area contributed by atoms with E-state index < -0.39 is 0 Å². The molecule has 0 fully saturated rings. The maximum Gasteiger partial charge on any atom is 0.151 e. The number of hydrogen-bond acceptors (Lipinski definition) is 2. The van der Waals surface area contributed by atoms with E-state index in [9.17, 15) is 0 Å². The Kier molecular flexibility index (Phi) is 3.12. The Labute approximate surface area is 137 Å². The zero-order valence-electron chi connectivity index (χ0n) is 13.6. The van der Waals surface area contributed by atoms with Gasteiger partial charge in [0.05, 0.1) is 11.4 Å². The van der Waals surface area contributed by atoms with E-state index >= 15 is 0 Å². The van der Waals surface area contributed by atoms with Crippen molar-refractivity contribution in [1.29, 1.82) is 0 Å². The zero-order chi connectivity index (χ0) is 16.0. The highest BCUT2D eigenvalue weighted by Gasteiger charge is 2.25. The number of fused-ring (bicyclic) bond motifs is 2. The molecule has 0 saturated carbocycles. The van der Waals surface area contributed by atoms with Crippen molar-refractivity contribution < 1.29 is 4.74 Å². The van der Waals surface area contributed by atoms with Gasteiger partial charge in [0, 0.05) is 5.69 Å². The first-order chi connectivity index (χ1) is 11.1. The van der Waals surface area contributed by atoms with Crippen LogP contribution in [0.2, 0.25) is 0 Å². The SMILES string of the molecule is Cc1cc(N2c3ccccc3Oc3ccccc32)cc(C)c1C.